The minimum atomic E-state index is -1.14. The van der Waals surface area contributed by atoms with Crippen LogP contribution in [0.2, 0.25) is 0 Å². The van der Waals surface area contributed by atoms with Crippen LogP contribution in [0, 0.1) is 5.82 Å². The second-order valence-electron chi connectivity index (χ2n) is 4.93. The number of nitrogens with one attached hydrogen (secondary N) is 1. The van der Waals surface area contributed by atoms with E-state index in [2.05, 4.69) is 5.32 Å². The van der Waals surface area contributed by atoms with Gasteiger partial charge in [0.25, 0.3) is 0 Å². The smallest absolute Gasteiger partial charge is 0.329 e. The fourth-order valence-electron chi connectivity index (χ4n) is 2.24. The molecule has 0 aromatic heterocycles. The number of methoxy groups -OCH3 is 1. The molecule has 0 radical (unpaired) electrons. The third kappa shape index (κ3) is 2.74. The van der Waals surface area contributed by atoms with E-state index in [9.17, 15) is 14.0 Å². The van der Waals surface area contributed by atoms with Gasteiger partial charge < -0.3 is 15.2 Å². The standard InChI is InChI=1S/C14H16FNO4/c1-20-11-4-3-9(7-10(11)15)8-12(17)16-14(13(18)19)5-2-6-14/h3-4,7H,2,5-6,8H2,1H3,(H,16,17)(H,18,19). The summed E-state index contributed by atoms with van der Waals surface area (Å²) in [6, 6.07) is 4.23. The Morgan fingerprint density at radius 2 is 2.15 bits per heavy atom. The van der Waals surface area contributed by atoms with Gasteiger partial charge in [0.1, 0.15) is 5.54 Å². The Hall–Kier alpha value is -2.11. The number of hydrogen-bond acceptors (Lipinski definition) is 3. The first-order chi connectivity index (χ1) is 9.47. The van der Waals surface area contributed by atoms with Crippen molar-refractivity contribution in [3.05, 3.63) is 29.6 Å². The number of hydrogen-bond donors (Lipinski definition) is 2. The molecule has 0 saturated heterocycles. The van der Waals surface area contributed by atoms with Crippen molar-refractivity contribution in [3.8, 4) is 5.75 Å². The van der Waals surface area contributed by atoms with E-state index in [-0.39, 0.29) is 12.2 Å². The highest BCUT2D eigenvalue weighted by Crippen LogP contribution is 2.32. The molecule has 0 heterocycles. The van der Waals surface area contributed by atoms with E-state index in [4.69, 9.17) is 9.84 Å². The van der Waals surface area contributed by atoms with Gasteiger partial charge in [0.05, 0.1) is 13.5 Å². The lowest BCUT2D eigenvalue weighted by molar-refractivity contribution is -0.151. The van der Waals surface area contributed by atoms with Crippen LogP contribution in [0.5, 0.6) is 5.75 Å². The summed E-state index contributed by atoms with van der Waals surface area (Å²) in [6.45, 7) is 0. The average molecular weight is 281 g/mol. The molecule has 108 valence electrons. The molecule has 0 bridgehead atoms. The summed E-state index contributed by atoms with van der Waals surface area (Å²) in [5.41, 5.74) is -0.664. The molecule has 1 aromatic rings. The highest BCUT2D eigenvalue weighted by Gasteiger charge is 2.45. The number of carboxylic acid groups (broad SMARTS) is 1. The van der Waals surface area contributed by atoms with Gasteiger partial charge in [-0.05, 0) is 37.0 Å². The molecule has 0 unspecified atom stereocenters. The van der Waals surface area contributed by atoms with Gasteiger partial charge in [-0.2, -0.15) is 0 Å². The molecule has 0 spiro atoms. The first-order valence-electron chi connectivity index (χ1n) is 6.34. The van der Waals surface area contributed by atoms with E-state index in [1.165, 1.54) is 19.2 Å². The van der Waals surface area contributed by atoms with Gasteiger partial charge >= 0.3 is 5.97 Å². The number of carbonyl (C=O) groups is 2. The van der Waals surface area contributed by atoms with Crippen molar-refractivity contribution in [1.29, 1.82) is 0 Å². The predicted molar refractivity (Wildman–Crippen MR) is 69.0 cm³/mol. The predicted octanol–water partition coefficient (Wildman–Crippen LogP) is 1.50. The summed E-state index contributed by atoms with van der Waals surface area (Å²) in [6.07, 6.45) is 1.59. The van der Waals surface area contributed by atoms with Crippen LogP contribution >= 0.6 is 0 Å². The van der Waals surface area contributed by atoms with Crippen molar-refractivity contribution in [1.82, 2.24) is 5.32 Å². The third-order valence-corrected chi connectivity index (χ3v) is 3.58. The lowest BCUT2D eigenvalue weighted by Crippen LogP contribution is -2.59. The molecule has 1 aromatic carbocycles. The zero-order valence-corrected chi connectivity index (χ0v) is 11.1. The zero-order valence-electron chi connectivity index (χ0n) is 11.1. The van der Waals surface area contributed by atoms with Crippen molar-refractivity contribution in [2.45, 2.75) is 31.2 Å². The van der Waals surface area contributed by atoms with Crippen LogP contribution in [0.1, 0.15) is 24.8 Å². The molecule has 1 aliphatic carbocycles. The van der Waals surface area contributed by atoms with E-state index < -0.39 is 23.2 Å². The number of benzene rings is 1. The molecule has 0 aliphatic heterocycles. The summed E-state index contributed by atoms with van der Waals surface area (Å²) >= 11 is 0. The molecule has 1 saturated carbocycles. The van der Waals surface area contributed by atoms with Crippen LogP contribution in [-0.2, 0) is 16.0 Å². The van der Waals surface area contributed by atoms with E-state index in [0.717, 1.165) is 6.42 Å². The van der Waals surface area contributed by atoms with Crippen molar-refractivity contribution in [3.63, 3.8) is 0 Å². The monoisotopic (exact) mass is 281 g/mol. The van der Waals surface area contributed by atoms with Gasteiger partial charge in [0, 0.05) is 0 Å². The molecular formula is C14H16FNO4. The third-order valence-electron chi connectivity index (χ3n) is 3.58. The summed E-state index contributed by atoms with van der Waals surface area (Å²) in [4.78, 5) is 23.0. The summed E-state index contributed by atoms with van der Waals surface area (Å²) in [5.74, 6) is -1.88. The minimum absolute atomic E-state index is 0.0596. The second kappa shape index (κ2) is 5.48. The number of ether oxygens (including phenoxy) is 1. The lowest BCUT2D eigenvalue weighted by atomic mass is 9.76. The van der Waals surface area contributed by atoms with Gasteiger partial charge in [-0.15, -0.1) is 0 Å². The molecule has 1 fully saturated rings. The maximum Gasteiger partial charge on any atom is 0.329 e. The number of halogens is 1. The van der Waals surface area contributed by atoms with Crippen molar-refractivity contribution < 1.29 is 23.8 Å². The van der Waals surface area contributed by atoms with Gasteiger partial charge in [-0.1, -0.05) is 6.07 Å². The van der Waals surface area contributed by atoms with Crippen LogP contribution < -0.4 is 10.1 Å². The molecule has 6 heteroatoms. The number of aliphatic carboxylic acids is 1. The van der Waals surface area contributed by atoms with Crippen molar-refractivity contribution in [2.24, 2.45) is 0 Å². The highest BCUT2D eigenvalue weighted by molar-refractivity contribution is 5.88. The van der Waals surface area contributed by atoms with E-state index in [0.29, 0.717) is 18.4 Å². The SMILES string of the molecule is COc1ccc(CC(=O)NC2(C(=O)O)CCC2)cc1F. The fraction of sp³-hybridized carbons (Fsp3) is 0.429. The number of rotatable bonds is 5. The molecule has 0 atom stereocenters. The number of carboxylic acids is 1. The Bertz CT molecular complexity index is 540. The average Bonchev–Trinajstić information content (AvgIpc) is 2.33. The maximum absolute atomic E-state index is 13.5. The van der Waals surface area contributed by atoms with Crippen LogP contribution in [0.15, 0.2) is 18.2 Å². The topological polar surface area (TPSA) is 75.6 Å². The Labute approximate surface area is 115 Å². The highest BCUT2D eigenvalue weighted by atomic mass is 19.1. The first kappa shape index (κ1) is 14.3. The largest absolute Gasteiger partial charge is 0.494 e. The number of amides is 1. The molecule has 2 N–H and O–H groups in total. The second-order valence-corrected chi connectivity index (χ2v) is 4.93. The van der Waals surface area contributed by atoms with E-state index in [1.807, 2.05) is 0 Å². The molecule has 1 amide bonds. The Morgan fingerprint density at radius 3 is 2.60 bits per heavy atom. The normalized spacial score (nSPS) is 16.1. The van der Waals surface area contributed by atoms with Gasteiger partial charge in [-0.3, -0.25) is 4.79 Å². The van der Waals surface area contributed by atoms with Crippen LogP contribution in [0.25, 0.3) is 0 Å². The molecule has 20 heavy (non-hydrogen) atoms. The molecule has 1 aliphatic rings. The first-order valence-corrected chi connectivity index (χ1v) is 6.34. The molecular weight excluding hydrogens is 265 g/mol. The molecule has 5 nitrogen and oxygen atoms in total. The summed E-state index contributed by atoms with van der Waals surface area (Å²) in [5, 5.41) is 11.7. The quantitative estimate of drug-likeness (QED) is 0.857. The zero-order chi connectivity index (χ0) is 14.8. The molecule has 2 rings (SSSR count). The minimum Gasteiger partial charge on any atom is -0.494 e. The van der Waals surface area contributed by atoms with Gasteiger partial charge in [0.15, 0.2) is 11.6 Å². The Kier molecular flexibility index (Phi) is 3.92. The number of carbonyl (C=O) groups excluding carboxylic acids is 1. The van der Waals surface area contributed by atoms with Gasteiger partial charge in [-0.25, -0.2) is 9.18 Å². The van der Waals surface area contributed by atoms with Crippen LogP contribution in [0.3, 0.4) is 0 Å². The Morgan fingerprint density at radius 1 is 1.45 bits per heavy atom. The Balaban J connectivity index is 2.01. The van der Waals surface area contributed by atoms with E-state index in [1.54, 1.807) is 6.07 Å². The maximum atomic E-state index is 13.5. The van der Waals surface area contributed by atoms with E-state index >= 15 is 0 Å². The van der Waals surface area contributed by atoms with Gasteiger partial charge in [0.2, 0.25) is 5.91 Å². The summed E-state index contributed by atoms with van der Waals surface area (Å²) in [7, 11) is 1.36. The summed E-state index contributed by atoms with van der Waals surface area (Å²) < 4.78 is 18.3. The fourth-order valence-corrected chi connectivity index (χ4v) is 2.24. The lowest BCUT2D eigenvalue weighted by Gasteiger charge is -2.38. The van der Waals surface area contributed by atoms with Crippen molar-refractivity contribution in [2.75, 3.05) is 7.11 Å². The van der Waals surface area contributed by atoms with Crippen molar-refractivity contribution >= 4 is 11.9 Å². The van der Waals surface area contributed by atoms with Crippen LogP contribution in [0.4, 0.5) is 4.39 Å². The van der Waals surface area contributed by atoms with Crippen LogP contribution in [-0.4, -0.2) is 29.6 Å².